The fourth-order valence-corrected chi connectivity index (χ4v) is 3.56. The summed E-state index contributed by atoms with van der Waals surface area (Å²) in [7, 11) is 0. The summed E-state index contributed by atoms with van der Waals surface area (Å²) in [6, 6.07) is 7.38. The van der Waals surface area contributed by atoms with Crippen molar-refractivity contribution in [3.8, 4) is 5.75 Å². The second kappa shape index (κ2) is 9.45. The maximum Gasteiger partial charge on any atom is 0.314 e. The number of benzene rings is 1. The highest BCUT2D eigenvalue weighted by Crippen LogP contribution is 2.41. The molecule has 1 aromatic rings. The highest BCUT2D eigenvalue weighted by molar-refractivity contribution is 5.75. The number of aromatic hydroxyl groups is 1. The third-order valence-electron chi connectivity index (χ3n) is 5.09. The van der Waals surface area contributed by atoms with Gasteiger partial charge in [-0.25, -0.2) is 0 Å². The Morgan fingerprint density at radius 1 is 1.00 bits per heavy atom. The van der Waals surface area contributed by atoms with Gasteiger partial charge in [-0.05, 0) is 12.5 Å². The molecule has 2 rings (SSSR count). The van der Waals surface area contributed by atoms with Gasteiger partial charge in [0.2, 0.25) is 0 Å². The van der Waals surface area contributed by atoms with E-state index in [4.69, 9.17) is 0 Å². The fourth-order valence-electron chi connectivity index (χ4n) is 3.56. The lowest BCUT2D eigenvalue weighted by atomic mass is 9.72. The molecule has 0 radical (unpaired) electrons. The van der Waals surface area contributed by atoms with Gasteiger partial charge in [-0.15, -0.1) is 0 Å². The molecule has 0 bridgehead atoms. The molecule has 0 saturated carbocycles. The Morgan fingerprint density at radius 2 is 1.60 bits per heavy atom. The summed E-state index contributed by atoms with van der Waals surface area (Å²) < 4.78 is 0. The molecule has 3 heteroatoms. The van der Waals surface area contributed by atoms with Crippen molar-refractivity contribution in [3.05, 3.63) is 54.1 Å². The Labute approximate surface area is 151 Å². The standard InChI is InChI=1S/C22H30O3/c1-2-3-4-5-6-7-10-15-22(19-11-8-9-12-20(19)23)16-13-18(14-17-22)21(24)25/h8-9,11-14,16-18,23H,2-7,10,15H2,1H3,(H,24,25). The number of para-hydroxylation sites is 1. The Balaban J connectivity index is 2.05. The quantitative estimate of drug-likeness (QED) is 0.430. The Kier molecular flexibility index (Phi) is 7.30. The number of carboxylic acids is 1. The zero-order valence-electron chi connectivity index (χ0n) is 15.2. The molecule has 0 fully saturated rings. The van der Waals surface area contributed by atoms with Crippen LogP contribution in [0, 0.1) is 5.92 Å². The van der Waals surface area contributed by atoms with Crippen LogP contribution in [-0.4, -0.2) is 16.2 Å². The van der Waals surface area contributed by atoms with Gasteiger partial charge in [0.15, 0.2) is 0 Å². The predicted octanol–water partition coefficient (Wildman–Crippen LogP) is 5.60. The number of carbonyl (C=O) groups is 1. The monoisotopic (exact) mass is 342 g/mol. The molecule has 0 aliphatic heterocycles. The zero-order valence-corrected chi connectivity index (χ0v) is 15.2. The molecule has 3 nitrogen and oxygen atoms in total. The molecule has 136 valence electrons. The smallest absolute Gasteiger partial charge is 0.314 e. The highest BCUT2D eigenvalue weighted by atomic mass is 16.4. The van der Waals surface area contributed by atoms with E-state index < -0.39 is 17.3 Å². The van der Waals surface area contributed by atoms with Gasteiger partial charge in [-0.1, -0.05) is 94.4 Å². The second-order valence-corrected chi connectivity index (χ2v) is 7.01. The van der Waals surface area contributed by atoms with E-state index in [0.29, 0.717) is 0 Å². The van der Waals surface area contributed by atoms with Gasteiger partial charge in [-0.2, -0.15) is 0 Å². The van der Waals surface area contributed by atoms with Gasteiger partial charge in [0.25, 0.3) is 0 Å². The lowest BCUT2D eigenvalue weighted by Gasteiger charge is -2.32. The first-order valence-electron chi connectivity index (χ1n) is 9.49. The molecule has 0 amide bonds. The molecule has 2 N–H and O–H groups in total. The van der Waals surface area contributed by atoms with Gasteiger partial charge in [0.05, 0.1) is 5.92 Å². The van der Waals surface area contributed by atoms with Crippen LogP contribution in [0.1, 0.15) is 63.9 Å². The topological polar surface area (TPSA) is 57.5 Å². The molecule has 1 aliphatic carbocycles. The number of rotatable bonds is 10. The van der Waals surface area contributed by atoms with E-state index in [1.807, 2.05) is 30.4 Å². The van der Waals surface area contributed by atoms with Crippen molar-refractivity contribution in [2.75, 3.05) is 0 Å². The predicted molar refractivity (Wildman–Crippen MR) is 102 cm³/mol. The molecular formula is C22H30O3. The summed E-state index contributed by atoms with van der Waals surface area (Å²) in [5.74, 6) is -1.14. The van der Waals surface area contributed by atoms with Crippen LogP contribution in [0.2, 0.25) is 0 Å². The van der Waals surface area contributed by atoms with Crippen LogP contribution in [0.15, 0.2) is 48.6 Å². The van der Waals surface area contributed by atoms with Crippen LogP contribution in [0.4, 0.5) is 0 Å². The number of hydrogen-bond donors (Lipinski definition) is 2. The molecule has 1 aromatic carbocycles. The van der Waals surface area contributed by atoms with Crippen molar-refractivity contribution < 1.29 is 15.0 Å². The van der Waals surface area contributed by atoms with E-state index in [-0.39, 0.29) is 5.75 Å². The second-order valence-electron chi connectivity index (χ2n) is 7.01. The van der Waals surface area contributed by atoms with Gasteiger partial charge in [-0.3, -0.25) is 4.79 Å². The Bertz CT molecular complexity index is 601. The van der Waals surface area contributed by atoms with Gasteiger partial charge in [0, 0.05) is 11.0 Å². The SMILES string of the molecule is CCCCCCCCCC1(c2ccccc2O)C=CC(C(=O)O)C=C1. The van der Waals surface area contributed by atoms with Gasteiger partial charge in [0.1, 0.15) is 5.75 Å². The number of aliphatic carboxylic acids is 1. The first-order chi connectivity index (χ1) is 12.1. The lowest BCUT2D eigenvalue weighted by molar-refractivity contribution is -0.138. The maximum absolute atomic E-state index is 11.2. The van der Waals surface area contributed by atoms with Crippen molar-refractivity contribution in [2.24, 2.45) is 5.92 Å². The molecule has 0 unspecified atom stereocenters. The third-order valence-corrected chi connectivity index (χ3v) is 5.09. The highest BCUT2D eigenvalue weighted by Gasteiger charge is 2.32. The van der Waals surface area contributed by atoms with E-state index in [1.165, 1.54) is 38.5 Å². The third kappa shape index (κ3) is 5.22. The van der Waals surface area contributed by atoms with E-state index in [2.05, 4.69) is 6.92 Å². The van der Waals surface area contributed by atoms with Crippen molar-refractivity contribution in [1.82, 2.24) is 0 Å². The molecule has 0 saturated heterocycles. The van der Waals surface area contributed by atoms with E-state index >= 15 is 0 Å². The molecule has 0 heterocycles. The first kappa shape index (κ1) is 19.3. The van der Waals surface area contributed by atoms with Crippen LogP contribution >= 0.6 is 0 Å². The average molecular weight is 342 g/mol. The molecular weight excluding hydrogens is 312 g/mol. The van der Waals surface area contributed by atoms with Crippen LogP contribution in [0.5, 0.6) is 5.75 Å². The number of phenolic OH excluding ortho intramolecular Hbond substituents is 1. The molecule has 25 heavy (non-hydrogen) atoms. The molecule has 0 atom stereocenters. The van der Waals surface area contributed by atoms with Gasteiger partial charge >= 0.3 is 5.97 Å². The van der Waals surface area contributed by atoms with Crippen LogP contribution in [0.25, 0.3) is 0 Å². The average Bonchev–Trinajstić information content (AvgIpc) is 2.61. The molecule has 0 aromatic heterocycles. The summed E-state index contributed by atoms with van der Waals surface area (Å²) in [5.41, 5.74) is 0.457. The number of phenols is 1. The summed E-state index contributed by atoms with van der Waals surface area (Å²) in [6.07, 6.45) is 16.9. The minimum Gasteiger partial charge on any atom is -0.508 e. The fraction of sp³-hybridized carbons (Fsp3) is 0.500. The normalized spacial score (nSPS) is 22.2. The largest absolute Gasteiger partial charge is 0.508 e. The summed E-state index contributed by atoms with van der Waals surface area (Å²) in [4.78, 5) is 11.2. The first-order valence-corrected chi connectivity index (χ1v) is 9.49. The minimum atomic E-state index is -0.839. The summed E-state index contributed by atoms with van der Waals surface area (Å²) >= 11 is 0. The Morgan fingerprint density at radius 3 is 2.20 bits per heavy atom. The number of hydrogen-bond acceptors (Lipinski definition) is 2. The van der Waals surface area contributed by atoms with Crippen molar-refractivity contribution in [1.29, 1.82) is 0 Å². The molecule has 0 spiro atoms. The lowest BCUT2D eigenvalue weighted by Crippen LogP contribution is -2.25. The maximum atomic E-state index is 11.2. The van der Waals surface area contributed by atoms with Crippen molar-refractivity contribution >= 4 is 5.97 Å². The Hall–Kier alpha value is -2.03. The summed E-state index contributed by atoms with van der Waals surface area (Å²) in [6.45, 7) is 2.22. The van der Waals surface area contributed by atoms with Gasteiger partial charge < -0.3 is 10.2 Å². The van der Waals surface area contributed by atoms with Crippen LogP contribution in [-0.2, 0) is 10.2 Å². The van der Waals surface area contributed by atoms with Crippen LogP contribution < -0.4 is 0 Å². The van der Waals surface area contributed by atoms with Crippen molar-refractivity contribution in [3.63, 3.8) is 0 Å². The summed E-state index contributed by atoms with van der Waals surface area (Å²) in [5, 5.41) is 19.5. The minimum absolute atomic E-state index is 0.272. The van der Waals surface area contributed by atoms with E-state index in [9.17, 15) is 15.0 Å². The van der Waals surface area contributed by atoms with E-state index in [1.54, 1.807) is 18.2 Å². The number of unbranched alkanes of at least 4 members (excludes halogenated alkanes) is 6. The zero-order chi connectivity index (χ0) is 18.1. The van der Waals surface area contributed by atoms with Crippen LogP contribution in [0.3, 0.4) is 0 Å². The molecule has 1 aliphatic rings. The van der Waals surface area contributed by atoms with Crippen molar-refractivity contribution in [2.45, 2.75) is 63.7 Å². The van der Waals surface area contributed by atoms with E-state index in [0.717, 1.165) is 18.4 Å². The number of allylic oxidation sites excluding steroid dienone is 2. The number of carboxylic acid groups (broad SMARTS) is 1.